The van der Waals surface area contributed by atoms with Crippen LogP contribution in [-0.4, -0.2) is 34.3 Å². The van der Waals surface area contributed by atoms with Gasteiger partial charge in [0.2, 0.25) is 0 Å². The first-order chi connectivity index (χ1) is 12.6. The van der Waals surface area contributed by atoms with Crippen LogP contribution in [0.1, 0.15) is 0 Å². The molecule has 134 valence electrons. The van der Waals surface area contributed by atoms with Crippen molar-refractivity contribution in [2.75, 3.05) is 19.5 Å². The average Bonchev–Trinajstić information content (AvgIpc) is 3.29. The van der Waals surface area contributed by atoms with Gasteiger partial charge in [0.05, 0.1) is 23.2 Å². The molecule has 0 fully saturated rings. The van der Waals surface area contributed by atoms with Crippen molar-refractivity contribution >= 4 is 41.1 Å². The number of fused-ring (bicyclic) bond motifs is 1. The maximum absolute atomic E-state index is 5.76. The lowest BCUT2D eigenvalue weighted by Crippen LogP contribution is -1.85. The highest BCUT2D eigenvalue weighted by atomic mass is 35.5. The predicted molar refractivity (Wildman–Crippen MR) is 108 cm³/mol. The summed E-state index contributed by atoms with van der Waals surface area (Å²) < 4.78 is 4.93. The molecule has 0 spiro atoms. The molecule has 0 unspecified atom stereocenters. The molecule has 0 aliphatic heterocycles. The van der Waals surface area contributed by atoms with Gasteiger partial charge < -0.3 is 15.0 Å². The monoisotopic (exact) mass is 387 g/mol. The van der Waals surface area contributed by atoms with Crippen molar-refractivity contribution in [3.63, 3.8) is 0 Å². The Morgan fingerprint density at radius 2 is 1.96 bits per heavy atom. The Hall–Kier alpha value is -2.64. The van der Waals surface area contributed by atoms with E-state index in [4.69, 9.17) is 16.3 Å². The van der Waals surface area contributed by atoms with Gasteiger partial charge in [0.1, 0.15) is 17.3 Å². The zero-order valence-corrected chi connectivity index (χ0v) is 15.9. The van der Waals surface area contributed by atoms with Gasteiger partial charge in [-0.3, -0.25) is 5.10 Å². The molecule has 2 aromatic heterocycles. The van der Waals surface area contributed by atoms with Crippen molar-refractivity contribution in [2.24, 2.45) is 0 Å². The van der Waals surface area contributed by atoms with Crippen molar-refractivity contribution in [2.45, 2.75) is 4.90 Å². The summed E-state index contributed by atoms with van der Waals surface area (Å²) in [5.74, 6) is 2.28. The smallest absolute Gasteiger partial charge is 0.156 e. The normalized spacial score (nSPS) is 10.3. The second-order valence-corrected chi connectivity index (χ2v) is 6.26. The van der Waals surface area contributed by atoms with Crippen LogP contribution >= 0.6 is 24.2 Å². The zero-order chi connectivity index (χ0) is 18.5. The zero-order valence-electron chi connectivity index (χ0n) is 14.2. The minimum absolute atomic E-state index is 0.593. The molecule has 8 heteroatoms. The molecule has 0 atom stereocenters. The number of rotatable bonds is 3. The number of aromatic amines is 2. The van der Waals surface area contributed by atoms with Crippen LogP contribution in [0.3, 0.4) is 0 Å². The number of nitrogens with zero attached hydrogens (tertiary/aromatic N) is 2. The molecule has 0 saturated heterocycles. The highest BCUT2D eigenvalue weighted by Crippen LogP contribution is 2.26. The van der Waals surface area contributed by atoms with Gasteiger partial charge in [0, 0.05) is 18.0 Å². The summed E-state index contributed by atoms with van der Waals surface area (Å²) in [6.07, 6.45) is 0. The van der Waals surface area contributed by atoms with Crippen LogP contribution in [0.2, 0.25) is 5.02 Å². The summed E-state index contributed by atoms with van der Waals surface area (Å²) in [5.41, 5.74) is 2.86. The van der Waals surface area contributed by atoms with Crippen molar-refractivity contribution in [1.29, 1.82) is 0 Å². The van der Waals surface area contributed by atoms with E-state index in [0.717, 1.165) is 33.3 Å². The standard InChI is InChI=1S/C11H11N5.C7H7ClOS/c1-12-10-6-9(15-16-10)11-13-7-4-2-3-5-8(7)14-11;1-9-7-3-2-5(10)4-6(7)8/h2-6H,1H3,(H,13,14)(H2,12,15,16);2-4,10H,1H3. The Bertz CT molecular complexity index is 981. The summed E-state index contributed by atoms with van der Waals surface area (Å²) in [7, 11) is 3.41. The van der Waals surface area contributed by atoms with Gasteiger partial charge in [-0.05, 0) is 30.3 Å². The molecule has 6 nitrogen and oxygen atoms in total. The fourth-order valence-corrected chi connectivity index (χ4v) is 2.84. The van der Waals surface area contributed by atoms with Crippen LogP contribution in [0.5, 0.6) is 5.75 Å². The molecular weight excluding hydrogens is 370 g/mol. The first-order valence-corrected chi connectivity index (χ1v) is 8.64. The first-order valence-electron chi connectivity index (χ1n) is 7.81. The number of hydrogen-bond donors (Lipinski definition) is 4. The van der Waals surface area contributed by atoms with E-state index in [2.05, 4.69) is 38.1 Å². The number of imidazole rings is 1. The van der Waals surface area contributed by atoms with Crippen LogP contribution in [0.25, 0.3) is 22.6 Å². The second-order valence-electron chi connectivity index (χ2n) is 5.34. The average molecular weight is 388 g/mol. The minimum atomic E-state index is 0.593. The Morgan fingerprint density at radius 1 is 1.15 bits per heavy atom. The number of thiol groups is 1. The summed E-state index contributed by atoms with van der Waals surface area (Å²) in [6, 6.07) is 15.2. The van der Waals surface area contributed by atoms with Crippen LogP contribution in [0, 0.1) is 0 Å². The van der Waals surface area contributed by atoms with Crippen LogP contribution in [0.15, 0.2) is 53.4 Å². The molecule has 0 saturated carbocycles. The van der Waals surface area contributed by atoms with E-state index >= 15 is 0 Å². The van der Waals surface area contributed by atoms with Crippen LogP contribution in [0.4, 0.5) is 5.82 Å². The van der Waals surface area contributed by atoms with Gasteiger partial charge in [0.15, 0.2) is 5.82 Å². The molecule has 2 aromatic carbocycles. The second kappa shape index (κ2) is 8.16. The Kier molecular flexibility index (Phi) is 5.70. The summed E-state index contributed by atoms with van der Waals surface area (Å²) in [4.78, 5) is 8.55. The Balaban J connectivity index is 0.000000170. The number of anilines is 1. The van der Waals surface area contributed by atoms with Crippen LogP contribution in [-0.2, 0) is 0 Å². The highest BCUT2D eigenvalue weighted by molar-refractivity contribution is 7.80. The third-order valence-electron chi connectivity index (χ3n) is 3.61. The number of H-pyrrole nitrogens is 2. The van der Waals surface area contributed by atoms with E-state index in [1.54, 1.807) is 19.2 Å². The molecule has 3 N–H and O–H groups in total. The molecule has 2 heterocycles. The third-order valence-corrected chi connectivity index (χ3v) is 4.19. The molecule has 4 aromatic rings. The largest absolute Gasteiger partial charge is 0.495 e. The minimum Gasteiger partial charge on any atom is -0.495 e. The quantitative estimate of drug-likeness (QED) is 0.386. The summed E-state index contributed by atoms with van der Waals surface area (Å²) in [5, 5.41) is 10.6. The van der Waals surface area contributed by atoms with Crippen molar-refractivity contribution in [3.05, 3.63) is 53.6 Å². The summed E-state index contributed by atoms with van der Waals surface area (Å²) >= 11 is 9.86. The van der Waals surface area contributed by atoms with E-state index in [1.165, 1.54) is 0 Å². The third kappa shape index (κ3) is 4.12. The van der Waals surface area contributed by atoms with Crippen molar-refractivity contribution in [1.82, 2.24) is 20.2 Å². The van der Waals surface area contributed by atoms with Gasteiger partial charge in [-0.15, -0.1) is 12.6 Å². The van der Waals surface area contributed by atoms with Crippen molar-refractivity contribution in [3.8, 4) is 17.3 Å². The highest BCUT2D eigenvalue weighted by Gasteiger charge is 2.07. The SMILES string of the molecule is CNc1cc(-c2nc3ccccc3[nH]2)[nH]n1.COc1ccc(S)cc1Cl. The number of nitrogens with one attached hydrogen (secondary N) is 3. The predicted octanol–water partition coefficient (Wildman–Crippen LogP) is 4.63. The lowest BCUT2D eigenvalue weighted by atomic mass is 10.3. The van der Waals surface area contributed by atoms with Gasteiger partial charge in [0.25, 0.3) is 0 Å². The first kappa shape index (κ1) is 18.2. The maximum Gasteiger partial charge on any atom is 0.156 e. The molecule has 26 heavy (non-hydrogen) atoms. The molecular formula is C18H18ClN5OS. The van der Waals surface area contributed by atoms with E-state index in [-0.39, 0.29) is 0 Å². The number of benzene rings is 2. The van der Waals surface area contributed by atoms with E-state index < -0.39 is 0 Å². The molecule has 0 amide bonds. The van der Waals surface area contributed by atoms with Gasteiger partial charge in [-0.2, -0.15) is 5.10 Å². The lowest BCUT2D eigenvalue weighted by molar-refractivity contribution is 0.414. The van der Waals surface area contributed by atoms with Gasteiger partial charge in [-0.25, -0.2) is 4.98 Å². The topological polar surface area (TPSA) is 78.6 Å². The Morgan fingerprint density at radius 3 is 2.62 bits per heavy atom. The fourth-order valence-electron chi connectivity index (χ4n) is 2.31. The Labute approximate surface area is 161 Å². The summed E-state index contributed by atoms with van der Waals surface area (Å²) in [6.45, 7) is 0. The number of halogens is 1. The molecule has 0 aliphatic carbocycles. The van der Waals surface area contributed by atoms with Crippen LogP contribution < -0.4 is 10.1 Å². The van der Waals surface area contributed by atoms with E-state index in [9.17, 15) is 0 Å². The lowest BCUT2D eigenvalue weighted by Gasteiger charge is -2.01. The number of para-hydroxylation sites is 2. The van der Waals surface area contributed by atoms with Crippen molar-refractivity contribution < 1.29 is 4.74 Å². The number of hydrogen-bond acceptors (Lipinski definition) is 5. The van der Waals surface area contributed by atoms with E-state index in [1.807, 2.05) is 43.4 Å². The van der Waals surface area contributed by atoms with Gasteiger partial charge in [-0.1, -0.05) is 23.7 Å². The van der Waals surface area contributed by atoms with E-state index in [0.29, 0.717) is 10.8 Å². The molecule has 0 bridgehead atoms. The molecule has 4 rings (SSSR count). The fraction of sp³-hybridized carbons (Fsp3) is 0.111. The number of aromatic nitrogens is 4. The number of ether oxygens (including phenoxy) is 1. The van der Waals surface area contributed by atoms with Gasteiger partial charge >= 0.3 is 0 Å². The number of methoxy groups -OCH3 is 1. The molecule has 0 radical (unpaired) electrons. The molecule has 0 aliphatic rings. The maximum atomic E-state index is 5.76.